The number of aliphatic hydroxyl groups excluding tert-OH is 1. The minimum Gasteiger partial charge on any atom is -0.387 e. The van der Waals surface area contributed by atoms with Crippen LogP contribution in [0.1, 0.15) is 46.9 Å². The lowest BCUT2D eigenvalue weighted by Crippen LogP contribution is -2.35. The Labute approximate surface area is 220 Å². The summed E-state index contributed by atoms with van der Waals surface area (Å²) >= 11 is 7.51. The van der Waals surface area contributed by atoms with E-state index in [1.165, 1.54) is 6.21 Å². The van der Waals surface area contributed by atoms with Gasteiger partial charge in [0, 0.05) is 59.4 Å². The van der Waals surface area contributed by atoms with Crippen molar-refractivity contribution in [3.63, 3.8) is 0 Å². The molecule has 5 rings (SSSR count). The molecular weight excluding hydrogens is 496 g/mol. The second-order valence-corrected chi connectivity index (χ2v) is 11.5. The first-order valence-corrected chi connectivity index (χ1v) is 13.5. The number of thioether (sulfide) groups is 1. The van der Waals surface area contributed by atoms with E-state index in [1.807, 2.05) is 37.4 Å². The highest BCUT2D eigenvalue weighted by Crippen LogP contribution is 2.43. The van der Waals surface area contributed by atoms with Crippen LogP contribution in [0.3, 0.4) is 0 Å². The molecule has 9 heteroatoms. The lowest BCUT2D eigenvalue weighted by Gasteiger charge is -2.21. The first-order chi connectivity index (χ1) is 17.4. The molecule has 1 amide bonds. The zero-order valence-electron chi connectivity index (χ0n) is 20.0. The van der Waals surface area contributed by atoms with Gasteiger partial charge >= 0.3 is 0 Å². The number of carbonyl (C=O) groups is 2. The Morgan fingerprint density at radius 3 is 2.78 bits per heavy atom. The fraction of sp³-hybridized carbons (Fsp3) is 0.407. The summed E-state index contributed by atoms with van der Waals surface area (Å²) in [6.45, 7) is 0.589. The van der Waals surface area contributed by atoms with Crippen molar-refractivity contribution in [3.8, 4) is 0 Å². The number of aromatic nitrogens is 1. The molecule has 2 unspecified atom stereocenters. The van der Waals surface area contributed by atoms with Crippen LogP contribution in [-0.4, -0.2) is 63.8 Å². The van der Waals surface area contributed by atoms with Gasteiger partial charge in [0.05, 0.1) is 18.2 Å². The van der Waals surface area contributed by atoms with Crippen LogP contribution in [0, 0.1) is 5.92 Å². The maximum atomic E-state index is 13.0. The number of hydrogen-bond donors (Lipinski definition) is 2. The summed E-state index contributed by atoms with van der Waals surface area (Å²) in [6.07, 6.45) is 7.59. The quantitative estimate of drug-likeness (QED) is 0.535. The fourth-order valence-corrected chi connectivity index (χ4v) is 6.78. The number of benzene rings is 1. The summed E-state index contributed by atoms with van der Waals surface area (Å²) in [4.78, 5) is 35.9. The van der Waals surface area contributed by atoms with Crippen molar-refractivity contribution < 1.29 is 14.7 Å². The predicted molar refractivity (Wildman–Crippen MR) is 142 cm³/mol. The number of Topliss-reactive ketones (excluding diaryl/α,β-unsaturated/α-hetero) is 1. The fourth-order valence-electron chi connectivity index (χ4n) is 5.20. The molecule has 2 N–H and O–H groups in total. The number of aliphatic imine (C=N–C) groups is 1. The van der Waals surface area contributed by atoms with Gasteiger partial charge in [-0.05, 0) is 49.4 Å². The first kappa shape index (κ1) is 25.1. The van der Waals surface area contributed by atoms with E-state index in [9.17, 15) is 14.7 Å². The lowest BCUT2D eigenvalue weighted by atomic mass is 9.97. The highest BCUT2D eigenvalue weighted by Gasteiger charge is 2.36. The van der Waals surface area contributed by atoms with E-state index < -0.39 is 6.10 Å². The molecule has 0 saturated carbocycles. The number of nitrogens with zero attached hydrogens (tertiary/aromatic N) is 3. The number of fused-ring (bicyclic) bond motifs is 1. The number of aliphatic hydroxyl groups is 1. The minimum atomic E-state index is -0.626. The van der Waals surface area contributed by atoms with Gasteiger partial charge in [-0.3, -0.25) is 14.6 Å². The van der Waals surface area contributed by atoms with Crippen LogP contribution in [0.4, 0.5) is 0 Å². The second-order valence-electron chi connectivity index (χ2n) is 9.73. The monoisotopic (exact) mass is 524 g/mol. The van der Waals surface area contributed by atoms with Gasteiger partial charge in [-0.2, -0.15) is 0 Å². The number of halogens is 1. The van der Waals surface area contributed by atoms with Crippen molar-refractivity contribution in [2.45, 2.75) is 49.1 Å². The summed E-state index contributed by atoms with van der Waals surface area (Å²) in [6, 6.07) is 11.5. The van der Waals surface area contributed by atoms with Gasteiger partial charge in [0.1, 0.15) is 5.15 Å². The van der Waals surface area contributed by atoms with Gasteiger partial charge in [0.25, 0.3) is 5.91 Å². The van der Waals surface area contributed by atoms with Gasteiger partial charge < -0.3 is 15.3 Å². The molecule has 2 aromatic rings. The van der Waals surface area contributed by atoms with Crippen LogP contribution >= 0.6 is 23.4 Å². The predicted octanol–water partition coefficient (Wildman–Crippen LogP) is 3.82. The van der Waals surface area contributed by atoms with Crippen molar-refractivity contribution in [2.75, 3.05) is 13.6 Å². The highest BCUT2D eigenvalue weighted by atomic mass is 35.5. The van der Waals surface area contributed by atoms with Crippen LogP contribution in [0.5, 0.6) is 0 Å². The number of carbonyl (C=O) groups excluding carboxylic acids is 2. The van der Waals surface area contributed by atoms with Crippen LogP contribution in [-0.2, 0) is 11.2 Å². The maximum absolute atomic E-state index is 13.0. The molecule has 3 aliphatic heterocycles. The normalized spacial score (nSPS) is 26.0. The van der Waals surface area contributed by atoms with E-state index in [2.05, 4.69) is 15.3 Å². The summed E-state index contributed by atoms with van der Waals surface area (Å²) in [7, 11) is 1.82. The Morgan fingerprint density at radius 1 is 1.25 bits per heavy atom. The second kappa shape index (κ2) is 10.8. The average molecular weight is 525 g/mol. The molecular formula is C27H29ClN4O3S. The number of nitrogens with one attached hydrogen (secondary N) is 1. The number of rotatable bonds is 7. The molecule has 0 bridgehead atoms. The molecule has 0 aliphatic carbocycles. The molecule has 2 saturated heterocycles. The van der Waals surface area contributed by atoms with E-state index >= 15 is 0 Å². The molecule has 0 spiro atoms. The Kier molecular flexibility index (Phi) is 7.57. The van der Waals surface area contributed by atoms with Gasteiger partial charge in [0.2, 0.25) is 0 Å². The summed E-state index contributed by atoms with van der Waals surface area (Å²) in [5.74, 6) is -0.0491. The number of pyridine rings is 1. The largest absolute Gasteiger partial charge is 0.387 e. The summed E-state index contributed by atoms with van der Waals surface area (Å²) in [5.41, 5.74) is 2.56. The van der Waals surface area contributed by atoms with Crippen LogP contribution in [0.25, 0.3) is 0 Å². The molecule has 2 fully saturated rings. The zero-order valence-corrected chi connectivity index (χ0v) is 21.6. The topological polar surface area (TPSA) is 94.9 Å². The highest BCUT2D eigenvalue weighted by molar-refractivity contribution is 8.04. The van der Waals surface area contributed by atoms with Gasteiger partial charge in [0.15, 0.2) is 5.78 Å². The first-order valence-electron chi connectivity index (χ1n) is 12.2. The molecule has 1 aromatic carbocycles. The molecule has 7 nitrogen and oxygen atoms in total. The van der Waals surface area contributed by atoms with E-state index in [0.29, 0.717) is 17.3 Å². The van der Waals surface area contributed by atoms with Crippen molar-refractivity contribution in [1.82, 2.24) is 15.2 Å². The lowest BCUT2D eigenvalue weighted by molar-refractivity contribution is -0.115. The Bertz CT molecular complexity index is 1180. The molecule has 1 aromatic heterocycles. The Hall–Kier alpha value is -2.52. The van der Waals surface area contributed by atoms with Gasteiger partial charge in [-0.1, -0.05) is 29.8 Å². The van der Waals surface area contributed by atoms with Crippen molar-refractivity contribution in [1.29, 1.82) is 0 Å². The maximum Gasteiger partial charge on any atom is 0.253 e. The number of allylic oxidation sites excluding steroid dienone is 1. The average Bonchev–Trinajstić information content (AvgIpc) is 3.52. The third-order valence-electron chi connectivity index (χ3n) is 7.15. The number of ketones is 1. The molecule has 0 radical (unpaired) electrons. The molecule has 4 heterocycles. The molecule has 5 atom stereocenters. The zero-order chi connectivity index (χ0) is 25.2. The van der Waals surface area contributed by atoms with Gasteiger partial charge in [-0.15, -0.1) is 11.8 Å². The van der Waals surface area contributed by atoms with Crippen molar-refractivity contribution >= 4 is 41.3 Å². The molecule has 188 valence electrons. The smallest absolute Gasteiger partial charge is 0.253 e. The van der Waals surface area contributed by atoms with Crippen LogP contribution in [0.2, 0.25) is 5.15 Å². The van der Waals surface area contributed by atoms with Crippen molar-refractivity contribution in [2.24, 2.45) is 10.9 Å². The van der Waals surface area contributed by atoms with Crippen molar-refractivity contribution in [3.05, 3.63) is 75.5 Å². The standard InChI is InChI=1S/C27H29ClN4O3S/c1-32(15-20-11-21-23(33)13-29-14-24(21)36-20)27(35)17-4-2-16(3-5-17)10-19-7-8-22(31-19)26(34)18-6-9-25(28)30-12-18/h2-6,9,12-14,19-22,26,31,34H,7-8,10-11,15H2,1H3/t19-,20?,21?,22+,26+/m0/s1. The minimum absolute atomic E-state index is 0.0210. The number of hydrogen-bond acceptors (Lipinski definition) is 7. The van der Waals surface area contributed by atoms with E-state index in [4.69, 9.17) is 11.6 Å². The summed E-state index contributed by atoms with van der Waals surface area (Å²) < 4.78 is 0. The van der Waals surface area contributed by atoms with E-state index in [-0.39, 0.29) is 34.9 Å². The third-order valence-corrected chi connectivity index (χ3v) is 8.71. The summed E-state index contributed by atoms with van der Waals surface area (Å²) in [5, 5.41) is 14.9. The van der Waals surface area contributed by atoms with E-state index in [1.54, 1.807) is 35.1 Å². The van der Waals surface area contributed by atoms with Crippen LogP contribution in [0.15, 0.2) is 58.7 Å². The Morgan fingerprint density at radius 2 is 2.06 bits per heavy atom. The van der Waals surface area contributed by atoms with Gasteiger partial charge in [-0.25, -0.2) is 4.98 Å². The van der Waals surface area contributed by atoms with Crippen LogP contribution < -0.4 is 5.32 Å². The SMILES string of the molecule is CN(CC1CC2C(=O)C=NC=C2S1)C(=O)c1ccc(C[C@@H]2CC[C@H]([C@H](O)c3ccc(Cl)nc3)N2)cc1. The molecule has 36 heavy (non-hydrogen) atoms. The third kappa shape index (κ3) is 5.57. The molecule has 3 aliphatic rings. The number of amides is 1. The van der Waals surface area contributed by atoms with E-state index in [0.717, 1.165) is 41.7 Å². The Balaban J connectivity index is 1.12.